The number of hydrogen-bond donors (Lipinski definition) is 0. The minimum absolute atomic E-state index is 0.0672. The number of allylic oxidation sites excluding steroid dienone is 2. The highest BCUT2D eigenvalue weighted by atomic mass is 16.6. The zero-order chi connectivity index (χ0) is 42.3. The van der Waals surface area contributed by atoms with Gasteiger partial charge < -0.3 is 14.2 Å². The monoisotopic (exact) mass is 819 g/mol. The van der Waals surface area contributed by atoms with E-state index in [1.807, 2.05) is 0 Å². The maximum absolute atomic E-state index is 12.8. The highest BCUT2D eigenvalue weighted by molar-refractivity contribution is 5.71. The van der Waals surface area contributed by atoms with E-state index in [9.17, 15) is 14.4 Å². The molecule has 0 aliphatic heterocycles. The van der Waals surface area contributed by atoms with Crippen LogP contribution in [0.3, 0.4) is 0 Å². The van der Waals surface area contributed by atoms with Gasteiger partial charge >= 0.3 is 17.9 Å². The van der Waals surface area contributed by atoms with Crippen LogP contribution in [-0.4, -0.2) is 37.2 Å². The Hall–Kier alpha value is -1.85. The van der Waals surface area contributed by atoms with Crippen molar-refractivity contribution in [2.24, 2.45) is 0 Å². The highest BCUT2D eigenvalue weighted by Gasteiger charge is 2.19. The second kappa shape index (κ2) is 47.8. The van der Waals surface area contributed by atoms with E-state index in [1.54, 1.807) is 0 Å². The number of ether oxygens (including phenoxy) is 3. The van der Waals surface area contributed by atoms with Crippen molar-refractivity contribution in [2.45, 2.75) is 290 Å². The zero-order valence-corrected chi connectivity index (χ0v) is 39.1. The third-order valence-corrected chi connectivity index (χ3v) is 11.5. The standard InChI is InChI=1S/C52H98O6/c1-4-7-10-13-16-19-22-24-26-28-30-33-36-39-42-45-51(54)57-48-49(47-56-50(53)44-41-38-35-32-29-21-18-15-12-9-6-3)58-52(55)46-43-40-37-34-31-27-25-23-20-17-14-11-8-5-2/h15,18,49H,4-14,16-17,19-48H2,1-3H3/b18-15-. The molecular weight excluding hydrogens is 721 g/mol. The van der Waals surface area contributed by atoms with Gasteiger partial charge in [-0.25, -0.2) is 0 Å². The Morgan fingerprint density at radius 3 is 0.914 bits per heavy atom. The molecule has 6 nitrogen and oxygen atoms in total. The van der Waals surface area contributed by atoms with Crippen molar-refractivity contribution in [2.75, 3.05) is 13.2 Å². The predicted molar refractivity (Wildman–Crippen MR) is 247 cm³/mol. The summed E-state index contributed by atoms with van der Waals surface area (Å²) in [6.45, 7) is 6.63. The van der Waals surface area contributed by atoms with Crippen LogP contribution < -0.4 is 0 Å². The number of unbranched alkanes of at least 4 members (excludes halogenated alkanes) is 34. The molecule has 0 N–H and O–H groups in total. The van der Waals surface area contributed by atoms with E-state index in [2.05, 4.69) is 32.9 Å². The lowest BCUT2D eigenvalue weighted by Gasteiger charge is -2.18. The first kappa shape index (κ1) is 56.1. The van der Waals surface area contributed by atoms with E-state index in [0.29, 0.717) is 19.3 Å². The maximum Gasteiger partial charge on any atom is 0.306 e. The first-order valence-electron chi connectivity index (χ1n) is 25.7. The molecule has 0 aromatic rings. The molecule has 6 heteroatoms. The first-order chi connectivity index (χ1) is 28.5. The Bertz CT molecular complexity index is 900. The van der Waals surface area contributed by atoms with Gasteiger partial charge in [0, 0.05) is 19.3 Å². The van der Waals surface area contributed by atoms with E-state index < -0.39 is 6.10 Å². The number of hydrogen-bond acceptors (Lipinski definition) is 6. The zero-order valence-electron chi connectivity index (χ0n) is 39.1. The predicted octanol–water partition coefficient (Wildman–Crippen LogP) is 16.6. The topological polar surface area (TPSA) is 78.9 Å². The van der Waals surface area contributed by atoms with Gasteiger partial charge in [0.05, 0.1) is 0 Å². The summed E-state index contributed by atoms with van der Waals surface area (Å²) < 4.78 is 16.8. The molecule has 0 spiro atoms. The van der Waals surface area contributed by atoms with Crippen LogP contribution in [0.1, 0.15) is 284 Å². The SMILES string of the molecule is CCCC/C=C\CCCCCCCC(=O)OCC(COC(=O)CCCCCCCCCCCCCCCCC)OC(=O)CCCCCCCCCCCCCCCC. The Kier molecular flexibility index (Phi) is 46.3. The van der Waals surface area contributed by atoms with Gasteiger partial charge in [0.1, 0.15) is 13.2 Å². The number of esters is 3. The minimum Gasteiger partial charge on any atom is -0.462 e. The molecule has 0 radical (unpaired) electrons. The van der Waals surface area contributed by atoms with E-state index in [0.717, 1.165) is 64.2 Å². The summed E-state index contributed by atoms with van der Waals surface area (Å²) in [7, 11) is 0. The maximum atomic E-state index is 12.8. The molecule has 0 aliphatic carbocycles. The van der Waals surface area contributed by atoms with E-state index in [4.69, 9.17) is 14.2 Å². The van der Waals surface area contributed by atoms with Gasteiger partial charge in [-0.1, -0.05) is 238 Å². The van der Waals surface area contributed by atoms with Gasteiger partial charge in [0.25, 0.3) is 0 Å². The quantitative estimate of drug-likeness (QED) is 0.0263. The fourth-order valence-corrected chi connectivity index (χ4v) is 7.60. The molecular formula is C52H98O6. The Labute approximate surface area is 360 Å². The highest BCUT2D eigenvalue weighted by Crippen LogP contribution is 2.16. The molecule has 342 valence electrons. The van der Waals surface area contributed by atoms with Crippen LogP contribution in [0.25, 0.3) is 0 Å². The molecule has 0 rings (SSSR count). The third kappa shape index (κ3) is 45.2. The molecule has 0 amide bonds. The van der Waals surface area contributed by atoms with Gasteiger partial charge in [0.2, 0.25) is 0 Å². The normalized spacial score (nSPS) is 12.0. The van der Waals surface area contributed by atoms with Gasteiger partial charge in [0.15, 0.2) is 6.10 Å². The van der Waals surface area contributed by atoms with Crippen molar-refractivity contribution in [1.29, 1.82) is 0 Å². The average molecular weight is 819 g/mol. The molecule has 0 bridgehead atoms. The number of carbonyl (C=O) groups is 3. The van der Waals surface area contributed by atoms with Gasteiger partial charge in [-0.05, 0) is 38.5 Å². The van der Waals surface area contributed by atoms with Gasteiger partial charge in [-0.3, -0.25) is 14.4 Å². The summed E-state index contributed by atoms with van der Waals surface area (Å²) >= 11 is 0. The molecule has 0 aromatic heterocycles. The van der Waals surface area contributed by atoms with E-state index >= 15 is 0 Å². The van der Waals surface area contributed by atoms with Crippen molar-refractivity contribution in [1.82, 2.24) is 0 Å². The van der Waals surface area contributed by atoms with Crippen LogP contribution in [-0.2, 0) is 28.6 Å². The van der Waals surface area contributed by atoms with Gasteiger partial charge in [-0.2, -0.15) is 0 Å². The minimum atomic E-state index is -0.765. The fraction of sp³-hybridized carbons (Fsp3) is 0.904. The Morgan fingerprint density at radius 1 is 0.328 bits per heavy atom. The second-order valence-corrected chi connectivity index (χ2v) is 17.4. The van der Waals surface area contributed by atoms with Crippen molar-refractivity contribution in [3.05, 3.63) is 12.2 Å². The van der Waals surface area contributed by atoms with E-state index in [1.165, 1.54) is 180 Å². The molecule has 0 saturated carbocycles. The summed E-state index contributed by atoms with van der Waals surface area (Å²) in [5.41, 5.74) is 0. The van der Waals surface area contributed by atoms with Crippen LogP contribution in [0.2, 0.25) is 0 Å². The number of rotatable bonds is 47. The van der Waals surface area contributed by atoms with Crippen LogP contribution in [0, 0.1) is 0 Å². The lowest BCUT2D eigenvalue weighted by molar-refractivity contribution is -0.167. The summed E-state index contributed by atoms with van der Waals surface area (Å²) in [4.78, 5) is 37.9. The Morgan fingerprint density at radius 2 is 0.586 bits per heavy atom. The van der Waals surface area contributed by atoms with Crippen molar-refractivity contribution >= 4 is 17.9 Å². The number of carbonyl (C=O) groups excluding carboxylic acids is 3. The van der Waals surface area contributed by atoms with Crippen LogP contribution in [0.5, 0.6) is 0 Å². The van der Waals surface area contributed by atoms with Crippen molar-refractivity contribution in [3.63, 3.8) is 0 Å². The summed E-state index contributed by atoms with van der Waals surface area (Å²) in [5, 5.41) is 0. The molecule has 0 aliphatic rings. The third-order valence-electron chi connectivity index (χ3n) is 11.5. The van der Waals surface area contributed by atoms with Crippen LogP contribution >= 0.6 is 0 Å². The summed E-state index contributed by atoms with van der Waals surface area (Å²) in [6.07, 6.45) is 51.9. The average Bonchev–Trinajstić information content (AvgIpc) is 3.22. The molecule has 0 saturated heterocycles. The second-order valence-electron chi connectivity index (χ2n) is 17.4. The lowest BCUT2D eigenvalue weighted by atomic mass is 10.0. The Balaban J connectivity index is 4.31. The van der Waals surface area contributed by atoms with Gasteiger partial charge in [-0.15, -0.1) is 0 Å². The molecule has 0 aromatic carbocycles. The molecule has 1 atom stereocenters. The fourth-order valence-electron chi connectivity index (χ4n) is 7.60. The lowest BCUT2D eigenvalue weighted by Crippen LogP contribution is -2.30. The van der Waals surface area contributed by atoms with Crippen LogP contribution in [0.4, 0.5) is 0 Å². The largest absolute Gasteiger partial charge is 0.462 e. The van der Waals surface area contributed by atoms with E-state index in [-0.39, 0.29) is 31.1 Å². The molecule has 0 heterocycles. The molecule has 58 heavy (non-hydrogen) atoms. The smallest absolute Gasteiger partial charge is 0.306 e. The molecule has 1 unspecified atom stereocenters. The van der Waals surface area contributed by atoms with Crippen molar-refractivity contribution in [3.8, 4) is 0 Å². The van der Waals surface area contributed by atoms with Crippen LogP contribution in [0.15, 0.2) is 12.2 Å². The molecule has 0 fully saturated rings. The summed E-state index contributed by atoms with van der Waals surface area (Å²) in [6, 6.07) is 0. The summed E-state index contributed by atoms with van der Waals surface area (Å²) in [5.74, 6) is -0.861. The van der Waals surface area contributed by atoms with Crippen molar-refractivity contribution < 1.29 is 28.6 Å². The first-order valence-corrected chi connectivity index (χ1v) is 25.7.